The second-order valence-corrected chi connectivity index (χ2v) is 10.7. The molecule has 1 atom stereocenters. The van der Waals surface area contributed by atoms with Gasteiger partial charge in [0.1, 0.15) is 25.0 Å². The van der Waals surface area contributed by atoms with Crippen molar-refractivity contribution in [2.45, 2.75) is 69.8 Å². The summed E-state index contributed by atoms with van der Waals surface area (Å²) in [6, 6.07) is 8.96. The minimum Gasteiger partial charge on any atom is -0.491 e. The standard InChI is InChI=1S/C25H38NO2/c1-2-26(9-3-4-10-26)17-23(27)18-28-24-7-5-22(6-8-24)25-14-19-11-20(15-25)13-21(12-19)16-25/h5-8,19-21,23,27H,2-4,9-18H2,1H3/q+1/t19?,20?,21?,23-,25?/m1/s1. The van der Waals surface area contributed by atoms with E-state index in [1.165, 1.54) is 64.5 Å². The highest BCUT2D eigenvalue weighted by atomic mass is 16.5. The Hall–Kier alpha value is -1.06. The van der Waals surface area contributed by atoms with Crippen LogP contribution in [-0.2, 0) is 5.41 Å². The molecule has 154 valence electrons. The number of aliphatic hydroxyl groups excluding tert-OH is 1. The molecule has 28 heavy (non-hydrogen) atoms. The summed E-state index contributed by atoms with van der Waals surface area (Å²) in [6.45, 7) is 7.05. The maximum atomic E-state index is 10.5. The molecule has 4 aliphatic carbocycles. The van der Waals surface area contributed by atoms with Crippen LogP contribution in [0.15, 0.2) is 24.3 Å². The first kappa shape index (κ1) is 18.9. The Morgan fingerprint density at radius 2 is 1.57 bits per heavy atom. The number of hydrogen-bond acceptors (Lipinski definition) is 2. The average molecular weight is 385 g/mol. The summed E-state index contributed by atoms with van der Waals surface area (Å²) in [5.41, 5.74) is 2.01. The first-order valence-corrected chi connectivity index (χ1v) is 11.8. The van der Waals surface area contributed by atoms with Gasteiger partial charge in [-0.25, -0.2) is 0 Å². The van der Waals surface area contributed by atoms with E-state index in [9.17, 15) is 5.11 Å². The number of likely N-dealkylation sites (tertiary alicyclic amines) is 1. The van der Waals surface area contributed by atoms with Crippen molar-refractivity contribution in [3.63, 3.8) is 0 Å². The van der Waals surface area contributed by atoms with E-state index in [0.29, 0.717) is 12.0 Å². The molecule has 5 aliphatic rings. The Labute approximate surface area is 170 Å². The molecule has 0 unspecified atom stereocenters. The van der Waals surface area contributed by atoms with Crippen molar-refractivity contribution in [3.8, 4) is 5.75 Å². The van der Waals surface area contributed by atoms with Gasteiger partial charge in [-0.2, -0.15) is 0 Å². The molecule has 5 fully saturated rings. The molecule has 6 rings (SSSR count). The molecule has 1 saturated heterocycles. The van der Waals surface area contributed by atoms with Crippen molar-refractivity contribution in [1.82, 2.24) is 0 Å². The maximum Gasteiger partial charge on any atom is 0.137 e. The molecule has 1 aliphatic heterocycles. The van der Waals surface area contributed by atoms with Crippen molar-refractivity contribution < 1.29 is 14.3 Å². The van der Waals surface area contributed by atoms with Gasteiger partial charge in [0.25, 0.3) is 0 Å². The lowest BCUT2D eigenvalue weighted by Gasteiger charge is -2.57. The molecular weight excluding hydrogens is 346 g/mol. The van der Waals surface area contributed by atoms with Crippen molar-refractivity contribution in [3.05, 3.63) is 29.8 Å². The summed E-state index contributed by atoms with van der Waals surface area (Å²) in [7, 11) is 0. The van der Waals surface area contributed by atoms with E-state index in [2.05, 4.69) is 31.2 Å². The second kappa shape index (κ2) is 7.32. The molecule has 0 amide bonds. The molecule has 4 bridgehead atoms. The summed E-state index contributed by atoms with van der Waals surface area (Å²) < 4.78 is 7.05. The van der Waals surface area contributed by atoms with Crippen LogP contribution in [0.3, 0.4) is 0 Å². The van der Waals surface area contributed by atoms with Crippen molar-refractivity contribution in [1.29, 1.82) is 0 Å². The largest absolute Gasteiger partial charge is 0.491 e. The zero-order chi connectivity index (χ0) is 19.2. The number of aliphatic hydroxyl groups is 1. The van der Waals surface area contributed by atoms with Gasteiger partial charge < -0.3 is 14.3 Å². The highest BCUT2D eigenvalue weighted by Crippen LogP contribution is 2.60. The first-order valence-electron chi connectivity index (χ1n) is 11.8. The topological polar surface area (TPSA) is 29.5 Å². The Kier molecular flexibility index (Phi) is 4.95. The quantitative estimate of drug-likeness (QED) is 0.700. The average Bonchev–Trinajstić information content (AvgIpc) is 3.15. The fraction of sp³-hybridized carbons (Fsp3) is 0.760. The van der Waals surface area contributed by atoms with Crippen LogP contribution in [0.4, 0.5) is 0 Å². The van der Waals surface area contributed by atoms with Gasteiger partial charge in [0, 0.05) is 12.8 Å². The highest BCUT2D eigenvalue weighted by molar-refractivity contribution is 5.34. The zero-order valence-corrected chi connectivity index (χ0v) is 17.6. The number of benzene rings is 1. The minimum atomic E-state index is -0.374. The highest BCUT2D eigenvalue weighted by Gasteiger charge is 2.51. The lowest BCUT2D eigenvalue weighted by molar-refractivity contribution is -0.917. The summed E-state index contributed by atoms with van der Waals surface area (Å²) in [5.74, 6) is 3.86. The molecule has 1 N–H and O–H groups in total. The number of nitrogens with zero attached hydrogens (tertiary/aromatic N) is 1. The molecule has 0 spiro atoms. The molecule has 1 aromatic rings. The Morgan fingerprint density at radius 3 is 2.11 bits per heavy atom. The Balaban J connectivity index is 1.19. The molecule has 3 nitrogen and oxygen atoms in total. The van der Waals surface area contributed by atoms with Gasteiger partial charge in [-0.3, -0.25) is 0 Å². The van der Waals surface area contributed by atoms with E-state index in [1.807, 2.05) is 0 Å². The van der Waals surface area contributed by atoms with Crippen molar-refractivity contribution >= 4 is 0 Å². The third kappa shape index (κ3) is 3.50. The van der Waals surface area contributed by atoms with Crippen LogP contribution in [0.1, 0.15) is 63.9 Å². The van der Waals surface area contributed by atoms with Crippen LogP contribution in [-0.4, -0.2) is 48.5 Å². The van der Waals surface area contributed by atoms with E-state index in [1.54, 1.807) is 5.56 Å². The van der Waals surface area contributed by atoms with E-state index < -0.39 is 0 Å². The lowest BCUT2D eigenvalue weighted by Crippen LogP contribution is -2.50. The molecule has 1 heterocycles. The van der Waals surface area contributed by atoms with Gasteiger partial charge in [0.15, 0.2) is 0 Å². The van der Waals surface area contributed by atoms with Crippen LogP contribution < -0.4 is 4.74 Å². The smallest absolute Gasteiger partial charge is 0.137 e. The predicted octanol–water partition coefficient (Wildman–Crippen LogP) is 4.52. The molecular formula is C25H38NO2+. The minimum absolute atomic E-state index is 0.374. The Morgan fingerprint density at radius 1 is 1.00 bits per heavy atom. The summed E-state index contributed by atoms with van der Waals surface area (Å²) in [6.07, 6.45) is 10.9. The maximum absolute atomic E-state index is 10.5. The van der Waals surface area contributed by atoms with E-state index in [4.69, 9.17) is 4.74 Å². The third-order valence-electron chi connectivity index (χ3n) is 8.73. The number of likely N-dealkylation sites (N-methyl/N-ethyl adjacent to an activating group) is 1. The van der Waals surface area contributed by atoms with Crippen molar-refractivity contribution in [2.24, 2.45) is 17.8 Å². The van der Waals surface area contributed by atoms with Crippen LogP contribution in [0.5, 0.6) is 5.75 Å². The number of hydrogen-bond donors (Lipinski definition) is 1. The zero-order valence-electron chi connectivity index (χ0n) is 17.6. The van der Waals surface area contributed by atoms with E-state index in [0.717, 1.165) is 41.1 Å². The van der Waals surface area contributed by atoms with Gasteiger partial charge in [-0.15, -0.1) is 0 Å². The SMILES string of the molecule is CC[N+]1(C[C@@H](O)COc2ccc(C34CC5CC(CC(C5)C3)C4)cc2)CCCC1. The predicted molar refractivity (Wildman–Crippen MR) is 112 cm³/mol. The van der Waals surface area contributed by atoms with Gasteiger partial charge >= 0.3 is 0 Å². The van der Waals surface area contributed by atoms with Gasteiger partial charge in [-0.05, 0) is 86.3 Å². The lowest BCUT2D eigenvalue weighted by atomic mass is 9.48. The third-order valence-corrected chi connectivity index (χ3v) is 8.73. The van der Waals surface area contributed by atoms with Gasteiger partial charge in [0.2, 0.25) is 0 Å². The molecule has 1 aromatic carbocycles. The van der Waals surface area contributed by atoms with Crippen LogP contribution >= 0.6 is 0 Å². The van der Waals surface area contributed by atoms with E-state index in [-0.39, 0.29) is 6.10 Å². The first-order chi connectivity index (χ1) is 13.6. The molecule has 0 radical (unpaired) electrons. The summed E-state index contributed by atoms with van der Waals surface area (Å²) in [5, 5.41) is 10.5. The number of quaternary nitrogens is 1. The van der Waals surface area contributed by atoms with Crippen LogP contribution in [0.25, 0.3) is 0 Å². The fourth-order valence-corrected chi connectivity index (χ4v) is 7.70. The number of ether oxygens (including phenoxy) is 1. The van der Waals surface area contributed by atoms with Crippen LogP contribution in [0.2, 0.25) is 0 Å². The summed E-state index contributed by atoms with van der Waals surface area (Å²) >= 11 is 0. The monoisotopic (exact) mass is 384 g/mol. The van der Waals surface area contributed by atoms with Gasteiger partial charge in [-0.1, -0.05) is 12.1 Å². The van der Waals surface area contributed by atoms with Gasteiger partial charge in [0.05, 0.1) is 19.6 Å². The number of rotatable bonds is 7. The molecule has 3 heteroatoms. The fourth-order valence-electron chi connectivity index (χ4n) is 7.70. The second-order valence-electron chi connectivity index (χ2n) is 10.7. The molecule has 4 saturated carbocycles. The Bertz CT molecular complexity index is 641. The van der Waals surface area contributed by atoms with E-state index >= 15 is 0 Å². The molecule has 0 aromatic heterocycles. The van der Waals surface area contributed by atoms with Crippen LogP contribution in [0, 0.1) is 17.8 Å². The normalized spacial score (nSPS) is 36.6. The summed E-state index contributed by atoms with van der Waals surface area (Å²) in [4.78, 5) is 0. The van der Waals surface area contributed by atoms with Crippen molar-refractivity contribution in [2.75, 3.05) is 32.8 Å².